The summed E-state index contributed by atoms with van der Waals surface area (Å²) in [6.45, 7) is 14.0. The van der Waals surface area contributed by atoms with Crippen LogP contribution in [0.5, 0.6) is 0 Å². The van der Waals surface area contributed by atoms with Crippen LogP contribution in [0.3, 0.4) is 0 Å². The van der Waals surface area contributed by atoms with Gasteiger partial charge in [0.2, 0.25) is 0 Å². The normalized spacial score (nSPS) is 14.7. The molecule has 3 N–H and O–H groups in total. The van der Waals surface area contributed by atoms with E-state index in [4.69, 9.17) is 37.0 Å². The third-order valence-electron chi connectivity index (χ3n) is 15.4. The molecule has 0 fully saturated rings. The fourth-order valence-corrected chi connectivity index (χ4v) is 11.3. The van der Waals surface area contributed by atoms with Crippen LogP contribution in [0.25, 0.3) is 0 Å². The van der Waals surface area contributed by atoms with E-state index in [-0.39, 0.29) is 25.7 Å². The summed E-state index contributed by atoms with van der Waals surface area (Å²) in [5, 5.41) is 10.5. The molecule has 0 radical (unpaired) electrons. The van der Waals surface area contributed by atoms with Crippen molar-refractivity contribution >= 4 is 39.5 Å². The highest BCUT2D eigenvalue weighted by molar-refractivity contribution is 7.47. The lowest BCUT2D eigenvalue weighted by Gasteiger charge is -2.21. The van der Waals surface area contributed by atoms with Crippen molar-refractivity contribution in [2.24, 2.45) is 23.7 Å². The van der Waals surface area contributed by atoms with Crippen molar-refractivity contribution in [2.75, 3.05) is 39.6 Å². The Labute approximate surface area is 517 Å². The van der Waals surface area contributed by atoms with Gasteiger partial charge in [0.05, 0.1) is 26.4 Å². The van der Waals surface area contributed by atoms with E-state index in [2.05, 4.69) is 55.4 Å². The van der Waals surface area contributed by atoms with Crippen LogP contribution in [-0.4, -0.2) is 96.7 Å². The topological polar surface area (TPSA) is 237 Å². The van der Waals surface area contributed by atoms with Crippen molar-refractivity contribution < 1.29 is 80.2 Å². The van der Waals surface area contributed by atoms with E-state index < -0.39 is 97.5 Å². The van der Waals surface area contributed by atoms with Crippen LogP contribution in [0, 0.1) is 23.7 Å². The number of hydrogen-bond acceptors (Lipinski definition) is 15. The Morgan fingerprint density at radius 1 is 0.329 bits per heavy atom. The predicted octanol–water partition coefficient (Wildman–Crippen LogP) is 18.1. The zero-order valence-electron chi connectivity index (χ0n) is 55.2. The minimum atomic E-state index is -4.95. The summed E-state index contributed by atoms with van der Waals surface area (Å²) in [6, 6.07) is 0. The Morgan fingerprint density at radius 2 is 0.565 bits per heavy atom. The first kappa shape index (κ1) is 83.1. The number of aliphatic hydroxyl groups excluding tert-OH is 1. The van der Waals surface area contributed by atoms with Crippen LogP contribution in [-0.2, 0) is 65.4 Å². The number of phosphoric acid groups is 2. The van der Waals surface area contributed by atoms with Crippen molar-refractivity contribution in [3.63, 3.8) is 0 Å². The van der Waals surface area contributed by atoms with E-state index in [0.29, 0.717) is 37.5 Å². The Bertz CT molecular complexity index is 1700. The first-order chi connectivity index (χ1) is 40.6. The second-order valence-corrected chi connectivity index (χ2v) is 28.4. The first-order valence-electron chi connectivity index (χ1n) is 34.2. The van der Waals surface area contributed by atoms with Gasteiger partial charge in [0.25, 0.3) is 0 Å². The minimum absolute atomic E-state index is 0.104. The number of aliphatic hydroxyl groups is 1. The van der Waals surface area contributed by atoms with Gasteiger partial charge in [-0.05, 0) is 49.4 Å². The van der Waals surface area contributed by atoms with Crippen LogP contribution < -0.4 is 0 Å². The maximum absolute atomic E-state index is 13.0. The van der Waals surface area contributed by atoms with Gasteiger partial charge in [0.15, 0.2) is 12.2 Å². The minimum Gasteiger partial charge on any atom is -0.462 e. The molecule has 0 heterocycles. The van der Waals surface area contributed by atoms with Crippen LogP contribution in [0.1, 0.15) is 319 Å². The van der Waals surface area contributed by atoms with Gasteiger partial charge in [-0.1, -0.05) is 267 Å². The molecule has 504 valence electrons. The smallest absolute Gasteiger partial charge is 0.462 e. The van der Waals surface area contributed by atoms with Gasteiger partial charge >= 0.3 is 39.5 Å². The number of rotatable bonds is 63. The van der Waals surface area contributed by atoms with Gasteiger partial charge in [-0.25, -0.2) is 9.13 Å². The van der Waals surface area contributed by atoms with Crippen LogP contribution in [0.4, 0.5) is 0 Å². The van der Waals surface area contributed by atoms with Crippen LogP contribution in [0.2, 0.25) is 0 Å². The van der Waals surface area contributed by atoms with Crippen molar-refractivity contribution in [3.8, 4) is 0 Å². The summed E-state index contributed by atoms with van der Waals surface area (Å²) in [4.78, 5) is 72.3. The molecule has 19 heteroatoms. The number of hydrogen-bond donors (Lipinski definition) is 3. The highest BCUT2D eigenvalue weighted by Gasteiger charge is 2.30. The maximum atomic E-state index is 13.0. The molecule has 0 aromatic carbocycles. The second kappa shape index (κ2) is 56.1. The van der Waals surface area contributed by atoms with E-state index in [9.17, 15) is 43.2 Å². The molecule has 17 nitrogen and oxygen atoms in total. The standard InChI is InChI=1S/C66H128O17P2/c1-9-59(8)45-37-29-20-14-10-11-15-21-32-40-48-65(70)83-62(53-77-64(69)47-39-31-25-24-28-36-44-58(6)7)55-81-85(74,75)79-51-60(67)50-78-84(72,73)80-54-61(52-76-63(68)46-38-30-23-17-19-27-35-43-57(4)5)82-66(71)49-41-33-22-16-12-13-18-26-34-42-56(2)3/h56-62,67H,9-55H2,1-8H3,(H,72,73)(H,74,75)/t59?,60-,61-,62-/m1/s1. The van der Waals surface area contributed by atoms with Crippen molar-refractivity contribution in [1.29, 1.82) is 0 Å². The SMILES string of the molecule is CCC(C)CCCCCCCCCCCCC(=O)O[C@H](COC(=O)CCCCCCCCC(C)C)COP(=O)(O)OC[C@H](O)COP(=O)(O)OC[C@@H](COC(=O)CCCCCCCCCC(C)C)OC(=O)CCCCCCCCCCCC(C)C. The average molecular weight is 1260 g/mol. The summed E-state index contributed by atoms with van der Waals surface area (Å²) in [6.07, 6.45) is 36.3. The fraction of sp³-hybridized carbons (Fsp3) is 0.939. The van der Waals surface area contributed by atoms with Crippen molar-refractivity contribution in [2.45, 2.75) is 337 Å². The molecule has 3 unspecified atom stereocenters. The molecule has 0 saturated carbocycles. The number of carbonyl (C=O) groups is 4. The maximum Gasteiger partial charge on any atom is 0.472 e. The van der Waals surface area contributed by atoms with Gasteiger partial charge in [0, 0.05) is 25.7 Å². The fourth-order valence-electron chi connectivity index (χ4n) is 9.75. The van der Waals surface area contributed by atoms with E-state index in [1.807, 2.05) is 0 Å². The highest BCUT2D eigenvalue weighted by Crippen LogP contribution is 2.45. The van der Waals surface area contributed by atoms with Gasteiger partial charge in [-0.2, -0.15) is 0 Å². The number of unbranched alkanes of at least 4 members (excludes halogenated alkanes) is 28. The Morgan fingerprint density at radius 3 is 0.835 bits per heavy atom. The molecule has 0 aromatic heterocycles. The quantitative estimate of drug-likeness (QED) is 0.0222. The number of ether oxygens (including phenoxy) is 4. The zero-order chi connectivity index (χ0) is 63.2. The largest absolute Gasteiger partial charge is 0.472 e. The molecule has 6 atom stereocenters. The number of phosphoric ester groups is 2. The molecule has 0 bridgehead atoms. The molecule has 0 saturated heterocycles. The molecular formula is C66H128O17P2. The van der Waals surface area contributed by atoms with E-state index in [1.54, 1.807) is 0 Å². The average Bonchev–Trinajstić information content (AvgIpc) is 3.63. The Kier molecular flexibility index (Phi) is 54.8. The summed E-state index contributed by atoms with van der Waals surface area (Å²) >= 11 is 0. The lowest BCUT2D eigenvalue weighted by molar-refractivity contribution is -0.161. The monoisotopic (exact) mass is 1250 g/mol. The third-order valence-corrected chi connectivity index (χ3v) is 17.3. The predicted molar refractivity (Wildman–Crippen MR) is 340 cm³/mol. The molecular weight excluding hydrogens is 1130 g/mol. The number of carbonyl (C=O) groups excluding carboxylic acids is 4. The Hall–Kier alpha value is -1.94. The zero-order valence-corrected chi connectivity index (χ0v) is 57.0. The highest BCUT2D eigenvalue weighted by atomic mass is 31.2. The summed E-state index contributed by atoms with van der Waals surface area (Å²) < 4.78 is 68.1. The molecule has 0 spiro atoms. The number of esters is 4. The lowest BCUT2D eigenvalue weighted by atomic mass is 9.99. The van der Waals surface area contributed by atoms with E-state index in [0.717, 1.165) is 115 Å². The van der Waals surface area contributed by atoms with Gasteiger partial charge < -0.3 is 33.8 Å². The summed E-state index contributed by atoms with van der Waals surface area (Å²) in [7, 11) is -9.89. The molecule has 0 aliphatic heterocycles. The molecule has 0 rings (SSSR count). The van der Waals surface area contributed by atoms with Crippen molar-refractivity contribution in [3.05, 3.63) is 0 Å². The molecule has 85 heavy (non-hydrogen) atoms. The lowest BCUT2D eigenvalue weighted by Crippen LogP contribution is -2.30. The third kappa shape index (κ3) is 59.5. The first-order valence-corrected chi connectivity index (χ1v) is 37.2. The van der Waals surface area contributed by atoms with Gasteiger partial charge in [-0.15, -0.1) is 0 Å². The van der Waals surface area contributed by atoms with Gasteiger partial charge in [0.1, 0.15) is 19.3 Å². The summed E-state index contributed by atoms with van der Waals surface area (Å²) in [5.41, 5.74) is 0. The van der Waals surface area contributed by atoms with Crippen LogP contribution >= 0.6 is 15.6 Å². The van der Waals surface area contributed by atoms with E-state index in [1.165, 1.54) is 109 Å². The van der Waals surface area contributed by atoms with Gasteiger partial charge in [-0.3, -0.25) is 37.3 Å². The van der Waals surface area contributed by atoms with Crippen molar-refractivity contribution in [1.82, 2.24) is 0 Å². The molecule has 0 amide bonds. The molecule has 0 aliphatic rings. The van der Waals surface area contributed by atoms with Crippen LogP contribution in [0.15, 0.2) is 0 Å². The van der Waals surface area contributed by atoms with E-state index >= 15 is 0 Å². The Balaban J connectivity index is 5.25. The molecule has 0 aliphatic carbocycles. The summed E-state index contributed by atoms with van der Waals surface area (Å²) in [5.74, 6) is 0.786. The second-order valence-electron chi connectivity index (χ2n) is 25.5. The molecule has 0 aromatic rings.